The molecular weight excluding hydrogens is 666 g/mol. The molecule has 0 N–H and O–H groups in total. The van der Waals surface area contributed by atoms with Gasteiger partial charge >= 0.3 is 28.5 Å². The number of rotatable bonds is 16. The Balaban J connectivity index is 0.000000345. The molecule has 0 aliphatic heterocycles. The van der Waals surface area contributed by atoms with Crippen LogP contribution < -0.4 is 21.6 Å². The number of aryl methyl sites for hydroxylation is 1. The smallest absolute Gasteiger partial charge is 0.410 e. The van der Waals surface area contributed by atoms with Crippen LogP contribution in [0.25, 0.3) is 0 Å². The van der Waals surface area contributed by atoms with Gasteiger partial charge in [-0.3, -0.25) is 9.97 Å². The Labute approximate surface area is 312 Å². The third kappa shape index (κ3) is 19.6. The number of thiophene rings is 1. The van der Waals surface area contributed by atoms with Gasteiger partial charge in [0.05, 0.1) is 11.2 Å². The van der Waals surface area contributed by atoms with Crippen molar-refractivity contribution in [1.29, 1.82) is 0 Å². The predicted molar refractivity (Wildman–Crippen MR) is 213 cm³/mol. The molecule has 0 aromatic carbocycles. The number of hydrogen-bond donors (Lipinski definition) is 0. The van der Waals surface area contributed by atoms with Crippen LogP contribution in [0.1, 0.15) is 55.4 Å². The van der Waals surface area contributed by atoms with Gasteiger partial charge in [0.25, 0.3) is 0 Å². The predicted octanol–water partition coefficient (Wildman–Crippen LogP) is 4.00. The lowest BCUT2D eigenvalue weighted by atomic mass is 9.83. The Morgan fingerprint density at radius 1 is 0.529 bits per heavy atom. The van der Waals surface area contributed by atoms with Crippen molar-refractivity contribution in [2.24, 2.45) is 7.05 Å². The first-order valence-corrected chi connectivity index (χ1v) is 17.9. The van der Waals surface area contributed by atoms with Gasteiger partial charge in [0.2, 0.25) is 0 Å². The zero-order chi connectivity index (χ0) is 38.2. The molecule has 16 heteroatoms. The summed E-state index contributed by atoms with van der Waals surface area (Å²) in [5.41, 5.74) is 2.66. The topological polar surface area (TPSA) is 105 Å². The van der Waals surface area contributed by atoms with Gasteiger partial charge in [0, 0.05) is 88.9 Å². The van der Waals surface area contributed by atoms with Crippen LogP contribution in [-0.4, -0.2) is 95.9 Å². The van der Waals surface area contributed by atoms with Crippen LogP contribution >= 0.6 is 11.3 Å². The Kier molecular flexibility index (Phi) is 24.4. The molecule has 0 amide bonds. The molecule has 4 rings (SSSR count). The van der Waals surface area contributed by atoms with E-state index in [0.717, 1.165) is 21.6 Å². The minimum Gasteiger partial charge on any atom is -0.410 e. The summed E-state index contributed by atoms with van der Waals surface area (Å²) < 4.78 is 46.0. The Hall–Kier alpha value is -2.78. The summed E-state index contributed by atoms with van der Waals surface area (Å²) >= 11 is 1.63. The second-order valence-electron chi connectivity index (χ2n) is 12.1. The second kappa shape index (κ2) is 26.9. The molecule has 0 atom stereocenters. The maximum Gasteiger partial charge on any atom is 0.513 e. The first-order valence-electron chi connectivity index (χ1n) is 17.1. The van der Waals surface area contributed by atoms with Crippen LogP contribution in [0.5, 0.6) is 0 Å². The van der Waals surface area contributed by atoms with E-state index in [9.17, 15) is 0 Å². The van der Waals surface area contributed by atoms with Gasteiger partial charge in [0.15, 0.2) is 0 Å². The Morgan fingerprint density at radius 3 is 1.31 bits per heavy atom. The maximum absolute atomic E-state index is 5.74. The Bertz CT molecular complexity index is 1350. The summed E-state index contributed by atoms with van der Waals surface area (Å²) in [6.45, 7) is 16.0. The van der Waals surface area contributed by atoms with Crippen molar-refractivity contribution in [3.8, 4) is 0 Å². The molecule has 11 nitrogen and oxygen atoms in total. The van der Waals surface area contributed by atoms with Gasteiger partial charge in [-0.2, -0.15) is 11.3 Å². The SMILES string of the molecule is CC(C)OB(OC(C)C)c1ccccn1.CC(C)OB(OC(C)C)c1cccn1C.COB(OC)c1ccccn1.COB(OC)c1cccs1. The van der Waals surface area contributed by atoms with Crippen LogP contribution in [0, 0.1) is 0 Å². The molecule has 0 unspecified atom stereocenters. The van der Waals surface area contributed by atoms with Crippen molar-refractivity contribution in [3.05, 3.63) is 84.6 Å². The molecule has 0 aliphatic rings. The number of hydrogen-bond acceptors (Lipinski definition) is 11. The van der Waals surface area contributed by atoms with Crippen LogP contribution in [0.2, 0.25) is 0 Å². The fourth-order valence-electron chi connectivity index (χ4n) is 4.17. The van der Waals surface area contributed by atoms with Crippen molar-refractivity contribution in [1.82, 2.24) is 14.5 Å². The lowest BCUT2D eigenvalue weighted by Gasteiger charge is -2.20. The minimum atomic E-state index is -0.369. The molecule has 4 aromatic rings. The summed E-state index contributed by atoms with van der Waals surface area (Å²) in [5.74, 6) is 0. The molecule has 0 aliphatic carbocycles. The van der Waals surface area contributed by atoms with E-state index in [1.54, 1.807) is 52.2 Å². The summed E-state index contributed by atoms with van der Waals surface area (Å²) in [7, 11) is 7.25. The highest BCUT2D eigenvalue weighted by molar-refractivity contribution is 7.20. The molecule has 4 aromatic heterocycles. The summed E-state index contributed by atoms with van der Waals surface area (Å²) in [4.78, 5) is 8.31. The van der Waals surface area contributed by atoms with Crippen molar-refractivity contribution < 1.29 is 37.2 Å². The van der Waals surface area contributed by atoms with E-state index < -0.39 is 0 Å². The quantitative estimate of drug-likeness (QED) is 0.158. The van der Waals surface area contributed by atoms with Crippen LogP contribution in [-0.2, 0) is 44.3 Å². The van der Waals surface area contributed by atoms with Crippen LogP contribution in [0.3, 0.4) is 0 Å². The van der Waals surface area contributed by atoms with Gasteiger partial charge < -0.3 is 41.8 Å². The summed E-state index contributed by atoms with van der Waals surface area (Å²) in [6.07, 6.45) is 6.00. The van der Waals surface area contributed by atoms with Crippen molar-refractivity contribution in [3.63, 3.8) is 0 Å². The number of aromatic nitrogens is 3. The number of pyridine rings is 2. The zero-order valence-electron chi connectivity index (χ0n) is 32.7. The van der Waals surface area contributed by atoms with Gasteiger partial charge in [-0.15, -0.1) is 0 Å². The first kappa shape index (κ1) is 46.2. The largest absolute Gasteiger partial charge is 0.513 e. The fraction of sp³-hybridized carbons (Fsp3) is 0.486. The molecule has 0 bridgehead atoms. The molecule has 0 fully saturated rings. The lowest BCUT2D eigenvalue weighted by Crippen LogP contribution is -2.43. The fourth-order valence-corrected chi connectivity index (χ4v) is 4.95. The van der Waals surface area contributed by atoms with Crippen molar-refractivity contribution >= 4 is 61.4 Å². The van der Waals surface area contributed by atoms with E-state index >= 15 is 0 Å². The summed E-state index contributed by atoms with van der Waals surface area (Å²) in [6, 6.07) is 19.3. The first-order chi connectivity index (χ1) is 24.4. The maximum atomic E-state index is 5.74. The number of nitrogens with zero attached hydrogens (tertiary/aromatic N) is 3. The normalized spacial score (nSPS) is 10.6. The third-order valence-corrected chi connectivity index (χ3v) is 7.19. The third-order valence-electron chi connectivity index (χ3n) is 6.30. The van der Waals surface area contributed by atoms with Crippen LogP contribution in [0.4, 0.5) is 0 Å². The molecule has 4 heterocycles. The van der Waals surface area contributed by atoms with Crippen LogP contribution in [0.15, 0.2) is 84.6 Å². The lowest BCUT2D eigenvalue weighted by molar-refractivity contribution is 0.137. The van der Waals surface area contributed by atoms with Crippen molar-refractivity contribution in [2.45, 2.75) is 79.8 Å². The van der Waals surface area contributed by atoms with Gasteiger partial charge in [-0.1, -0.05) is 24.3 Å². The Morgan fingerprint density at radius 2 is 0.980 bits per heavy atom. The molecule has 0 radical (unpaired) electrons. The van der Waals surface area contributed by atoms with E-state index in [1.165, 1.54) is 0 Å². The van der Waals surface area contributed by atoms with E-state index in [4.69, 9.17) is 37.2 Å². The molecule has 278 valence electrons. The molecule has 0 spiro atoms. The second-order valence-corrected chi connectivity index (χ2v) is 13.1. The molecule has 51 heavy (non-hydrogen) atoms. The molecule has 0 saturated heterocycles. The monoisotopic (exact) mass is 723 g/mol. The highest BCUT2D eigenvalue weighted by Crippen LogP contribution is 2.02. The van der Waals surface area contributed by atoms with Gasteiger partial charge in [0.1, 0.15) is 0 Å². The van der Waals surface area contributed by atoms with E-state index in [-0.39, 0.29) is 52.9 Å². The van der Waals surface area contributed by atoms with Gasteiger partial charge in [-0.25, -0.2) is 0 Å². The average Bonchev–Trinajstić information content (AvgIpc) is 3.79. The molecular formula is C35H57B4N3O8S. The van der Waals surface area contributed by atoms with Crippen molar-refractivity contribution in [2.75, 3.05) is 28.4 Å². The standard InChI is InChI=1S/C11H20BNO2.C11H18BNO2.C7H10BNO2.C6H9BO2S/c1-9(2)14-12(15-10(3)4)11-7-6-8-13(11)5;1-9(2)14-12(15-10(3)4)11-7-5-6-8-13-11;1-10-8(11-2)7-5-3-4-6-9-7;1-8-7(9-2)6-4-3-5-10-6/h6-10H,1-5H3;5-10H,1-4H3;3-6H,1-2H3;3-5H,1-2H3. The highest BCUT2D eigenvalue weighted by Gasteiger charge is 2.27. The van der Waals surface area contributed by atoms with Gasteiger partial charge in [-0.05, 0) is 97.2 Å². The highest BCUT2D eigenvalue weighted by atomic mass is 32.1. The van der Waals surface area contributed by atoms with E-state index in [2.05, 4.69) is 9.97 Å². The zero-order valence-corrected chi connectivity index (χ0v) is 33.5. The average molecular weight is 723 g/mol. The molecule has 0 saturated carbocycles. The minimum absolute atomic E-state index is 0.121. The van der Waals surface area contributed by atoms with E-state index in [1.807, 2.05) is 139 Å². The summed E-state index contributed by atoms with van der Waals surface area (Å²) in [5, 5.41) is 2.00. The van der Waals surface area contributed by atoms with E-state index in [0.29, 0.717) is 0 Å².